The molecule has 1 N–H and O–H groups in total. The summed E-state index contributed by atoms with van der Waals surface area (Å²) in [5.74, 6) is 0.988. The lowest BCUT2D eigenvalue weighted by Gasteiger charge is -2.16. The summed E-state index contributed by atoms with van der Waals surface area (Å²) in [6.45, 7) is 5.96. The monoisotopic (exact) mass is 412 g/mol. The zero-order valence-corrected chi connectivity index (χ0v) is 17.9. The van der Waals surface area contributed by atoms with Gasteiger partial charge < -0.3 is 9.88 Å². The van der Waals surface area contributed by atoms with E-state index in [2.05, 4.69) is 37.6 Å². The summed E-state index contributed by atoms with van der Waals surface area (Å²) < 4.78 is 2.24. The van der Waals surface area contributed by atoms with Crippen LogP contribution in [-0.2, 0) is 11.2 Å². The number of hydrogen-bond donors (Lipinski definition) is 1. The van der Waals surface area contributed by atoms with Gasteiger partial charge in [-0.1, -0.05) is 36.0 Å². The number of carbonyl (C=O) groups is 1. The number of amides is 1. The van der Waals surface area contributed by atoms with Gasteiger partial charge in [-0.2, -0.15) is 0 Å². The Morgan fingerprint density at radius 3 is 2.64 bits per heavy atom. The van der Waals surface area contributed by atoms with E-state index in [1.54, 1.807) is 11.3 Å². The topological polar surface area (TPSA) is 59.8 Å². The molecular weight excluding hydrogens is 388 g/mol. The largest absolute Gasteiger partial charge is 0.325 e. The second kappa shape index (κ2) is 8.09. The maximum atomic E-state index is 12.8. The van der Waals surface area contributed by atoms with E-state index >= 15 is 0 Å². The van der Waals surface area contributed by atoms with E-state index < -0.39 is 0 Å². The van der Waals surface area contributed by atoms with Crippen LogP contribution in [0.5, 0.6) is 0 Å². The van der Waals surface area contributed by atoms with E-state index in [0.29, 0.717) is 6.04 Å². The molecule has 146 valence electrons. The molecule has 2 heterocycles. The first kappa shape index (κ1) is 19.2. The number of carbonyl (C=O) groups excluding carboxylic acids is 1. The van der Waals surface area contributed by atoms with Gasteiger partial charge in [0.25, 0.3) is 0 Å². The van der Waals surface area contributed by atoms with Crippen LogP contribution in [0, 0.1) is 13.8 Å². The van der Waals surface area contributed by atoms with Gasteiger partial charge in [0.15, 0.2) is 5.16 Å². The van der Waals surface area contributed by atoms with E-state index in [4.69, 9.17) is 0 Å². The van der Waals surface area contributed by atoms with Gasteiger partial charge in [-0.3, -0.25) is 4.79 Å². The van der Waals surface area contributed by atoms with Crippen molar-refractivity contribution in [2.24, 2.45) is 0 Å². The second-order valence-electron chi connectivity index (χ2n) is 7.27. The molecule has 1 amide bonds. The van der Waals surface area contributed by atoms with Crippen molar-refractivity contribution >= 4 is 34.7 Å². The summed E-state index contributed by atoms with van der Waals surface area (Å²) in [5, 5.41) is 14.6. The van der Waals surface area contributed by atoms with Crippen molar-refractivity contribution in [3.05, 3.63) is 57.5 Å². The van der Waals surface area contributed by atoms with Crippen LogP contribution in [0.15, 0.2) is 40.9 Å². The number of para-hydroxylation sites is 1. The smallest absolute Gasteiger partial charge is 0.237 e. The number of nitrogens with zero attached hydrogens (tertiary/aromatic N) is 3. The molecule has 0 spiro atoms. The predicted octanol–water partition coefficient (Wildman–Crippen LogP) is 5.00. The first-order valence-corrected chi connectivity index (χ1v) is 11.3. The third kappa shape index (κ3) is 4.15. The fraction of sp³-hybridized carbons (Fsp3) is 0.381. The van der Waals surface area contributed by atoms with Gasteiger partial charge in [-0.05, 0) is 56.2 Å². The van der Waals surface area contributed by atoms with E-state index in [1.807, 2.05) is 39.0 Å². The number of aryl methyl sites for hydroxylation is 2. The molecule has 0 bridgehead atoms. The number of aromatic nitrogens is 3. The van der Waals surface area contributed by atoms with Gasteiger partial charge in [0.1, 0.15) is 5.82 Å². The Morgan fingerprint density at radius 1 is 1.25 bits per heavy atom. The SMILES string of the molecule is Cc1cccc(C)c1NC(=O)[C@@H](C)Sc1nnc(Cc2cccs2)n1C1CC1. The van der Waals surface area contributed by atoms with Crippen LogP contribution in [0.3, 0.4) is 0 Å². The normalized spacial score (nSPS) is 14.8. The molecule has 4 rings (SSSR count). The maximum absolute atomic E-state index is 12.8. The van der Waals surface area contributed by atoms with Crippen LogP contribution < -0.4 is 5.32 Å². The molecular formula is C21H24N4OS2. The number of rotatable bonds is 7. The lowest BCUT2D eigenvalue weighted by Crippen LogP contribution is -2.24. The van der Waals surface area contributed by atoms with E-state index in [0.717, 1.165) is 47.1 Å². The number of thioether (sulfide) groups is 1. The van der Waals surface area contributed by atoms with Crippen LogP contribution in [0.25, 0.3) is 0 Å². The molecule has 5 nitrogen and oxygen atoms in total. The first-order chi connectivity index (χ1) is 13.5. The summed E-state index contributed by atoms with van der Waals surface area (Å²) in [4.78, 5) is 14.1. The van der Waals surface area contributed by atoms with Crippen molar-refractivity contribution in [3.8, 4) is 0 Å². The number of benzene rings is 1. The number of hydrogen-bond acceptors (Lipinski definition) is 5. The lowest BCUT2D eigenvalue weighted by molar-refractivity contribution is -0.115. The average molecular weight is 413 g/mol. The molecule has 1 saturated carbocycles. The quantitative estimate of drug-likeness (QED) is 0.555. The van der Waals surface area contributed by atoms with Gasteiger partial charge in [-0.25, -0.2) is 0 Å². The molecule has 0 aliphatic heterocycles. The van der Waals surface area contributed by atoms with Crippen LogP contribution in [0.2, 0.25) is 0 Å². The molecule has 2 aromatic heterocycles. The summed E-state index contributed by atoms with van der Waals surface area (Å²) in [6, 6.07) is 10.7. The molecule has 1 aromatic carbocycles. The van der Waals surface area contributed by atoms with Crippen molar-refractivity contribution in [1.29, 1.82) is 0 Å². The van der Waals surface area contributed by atoms with Gasteiger partial charge in [0.05, 0.1) is 5.25 Å². The summed E-state index contributed by atoms with van der Waals surface area (Å²) in [6.07, 6.45) is 3.11. The number of nitrogens with one attached hydrogen (secondary N) is 1. The molecule has 3 aromatic rings. The van der Waals surface area contributed by atoms with Gasteiger partial charge in [0, 0.05) is 23.0 Å². The Balaban J connectivity index is 1.49. The van der Waals surface area contributed by atoms with Crippen LogP contribution >= 0.6 is 23.1 Å². The van der Waals surface area contributed by atoms with Crippen molar-refractivity contribution in [2.75, 3.05) is 5.32 Å². The van der Waals surface area contributed by atoms with Crippen molar-refractivity contribution < 1.29 is 4.79 Å². The first-order valence-electron chi connectivity index (χ1n) is 9.53. The highest BCUT2D eigenvalue weighted by molar-refractivity contribution is 8.00. The third-order valence-electron chi connectivity index (χ3n) is 4.94. The average Bonchev–Trinajstić information content (AvgIpc) is 3.22. The van der Waals surface area contributed by atoms with E-state index in [-0.39, 0.29) is 11.2 Å². The third-order valence-corrected chi connectivity index (χ3v) is 6.87. The predicted molar refractivity (Wildman–Crippen MR) is 115 cm³/mol. The maximum Gasteiger partial charge on any atom is 0.237 e. The fourth-order valence-corrected chi connectivity index (χ4v) is 4.86. The Hall–Kier alpha value is -2.12. The molecule has 1 atom stereocenters. The summed E-state index contributed by atoms with van der Waals surface area (Å²) in [5.41, 5.74) is 3.05. The minimum absolute atomic E-state index is 0.00689. The van der Waals surface area contributed by atoms with Crippen molar-refractivity contribution in [2.45, 2.75) is 56.5 Å². The molecule has 0 radical (unpaired) electrons. The fourth-order valence-electron chi connectivity index (χ4n) is 3.22. The number of thiophene rings is 1. The highest BCUT2D eigenvalue weighted by Crippen LogP contribution is 2.40. The molecule has 0 saturated heterocycles. The second-order valence-corrected chi connectivity index (χ2v) is 9.61. The van der Waals surface area contributed by atoms with Gasteiger partial charge in [-0.15, -0.1) is 21.5 Å². The molecule has 0 unspecified atom stereocenters. The lowest BCUT2D eigenvalue weighted by atomic mass is 10.1. The van der Waals surface area contributed by atoms with Crippen LogP contribution in [0.1, 0.15) is 47.6 Å². The Labute approximate surface area is 173 Å². The molecule has 1 aliphatic carbocycles. The van der Waals surface area contributed by atoms with E-state index in [9.17, 15) is 4.79 Å². The highest BCUT2D eigenvalue weighted by Gasteiger charge is 2.31. The minimum atomic E-state index is -0.254. The number of anilines is 1. The minimum Gasteiger partial charge on any atom is -0.325 e. The summed E-state index contributed by atoms with van der Waals surface area (Å²) >= 11 is 3.23. The van der Waals surface area contributed by atoms with Crippen LogP contribution in [0.4, 0.5) is 5.69 Å². The van der Waals surface area contributed by atoms with Crippen molar-refractivity contribution in [1.82, 2.24) is 14.8 Å². The van der Waals surface area contributed by atoms with Gasteiger partial charge in [0.2, 0.25) is 5.91 Å². The summed E-state index contributed by atoms with van der Waals surface area (Å²) in [7, 11) is 0. The zero-order valence-electron chi connectivity index (χ0n) is 16.3. The standard InChI is InChI=1S/C21H24N4OS2/c1-13-6-4-7-14(2)19(13)22-20(26)15(3)28-21-24-23-18(25(21)16-9-10-16)12-17-8-5-11-27-17/h4-8,11,15-16H,9-10,12H2,1-3H3,(H,22,26)/t15-/m1/s1. The Morgan fingerprint density at radius 2 is 2.00 bits per heavy atom. The zero-order chi connectivity index (χ0) is 19.7. The van der Waals surface area contributed by atoms with Crippen LogP contribution in [-0.4, -0.2) is 25.9 Å². The van der Waals surface area contributed by atoms with Gasteiger partial charge >= 0.3 is 0 Å². The highest BCUT2D eigenvalue weighted by atomic mass is 32.2. The molecule has 1 aliphatic rings. The van der Waals surface area contributed by atoms with Crippen molar-refractivity contribution in [3.63, 3.8) is 0 Å². The molecule has 28 heavy (non-hydrogen) atoms. The molecule has 1 fully saturated rings. The molecule has 7 heteroatoms. The Kier molecular flexibility index (Phi) is 5.55. The van der Waals surface area contributed by atoms with E-state index in [1.165, 1.54) is 16.6 Å². The Bertz CT molecular complexity index is 956.